The molecule has 2 aromatic heterocycles. The number of hydrogen-bond acceptors (Lipinski definition) is 6. The highest BCUT2D eigenvalue weighted by atomic mass is 16.5. The fraction of sp³-hybridized carbons (Fsp3) is 0.120. The van der Waals surface area contributed by atoms with Gasteiger partial charge in [0, 0.05) is 17.8 Å². The van der Waals surface area contributed by atoms with Gasteiger partial charge in [-0.2, -0.15) is 0 Å². The van der Waals surface area contributed by atoms with Crippen LogP contribution in [0.1, 0.15) is 26.4 Å². The Morgan fingerprint density at radius 3 is 2.36 bits per heavy atom. The van der Waals surface area contributed by atoms with Crippen LogP contribution in [0, 0.1) is 0 Å². The molecule has 0 unspecified atom stereocenters. The second-order valence-corrected chi connectivity index (χ2v) is 7.17. The normalized spacial score (nSPS) is 10.6. The molecule has 0 aliphatic rings. The van der Waals surface area contributed by atoms with E-state index in [0.717, 1.165) is 0 Å². The summed E-state index contributed by atoms with van der Waals surface area (Å²) >= 11 is 0. The minimum absolute atomic E-state index is 0.0772. The number of carbonyl (C=O) groups excluding carboxylic acids is 2. The zero-order chi connectivity index (χ0) is 23.5. The highest BCUT2D eigenvalue weighted by molar-refractivity contribution is 6.20. The van der Waals surface area contributed by atoms with Crippen LogP contribution in [0.5, 0.6) is 17.2 Å². The van der Waals surface area contributed by atoms with Crippen molar-refractivity contribution in [3.63, 3.8) is 0 Å². The van der Waals surface area contributed by atoms with E-state index in [0.29, 0.717) is 34.0 Å². The van der Waals surface area contributed by atoms with Crippen LogP contribution < -0.4 is 25.3 Å². The van der Waals surface area contributed by atoms with E-state index in [1.807, 2.05) is 0 Å². The molecule has 1 amide bonds. The average molecular weight is 445 g/mol. The standard InChI is InChI=1S/C25H23N3O5/c1-31-16-8-6-7-15(13-16)24(29)23-22(26)21(19-9-4-5-12-28(19)23)25(30)27-18-14-17(32-2)10-11-20(18)33-3/h4-14H,26H2,1-3H3,(H,27,30). The van der Waals surface area contributed by atoms with Gasteiger partial charge in [0.15, 0.2) is 0 Å². The largest absolute Gasteiger partial charge is 0.497 e. The molecule has 0 bridgehead atoms. The molecule has 0 aliphatic heterocycles. The van der Waals surface area contributed by atoms with Gasteiger partial charge >= 0.3 is 0 Å². The van der Waals surface area contributed by atoms with Gasteiger partial charge < -0.3 is 29.7 Å². The summed E-state index contributed by atoms with van der Waals surface area (Å²) in [7, 11) is 4.56. The molecular formula is C25H23N3O5. The summed E-state index contributed by atoms with van der Waals surface area (Å²) in [4.78, 5) is 26.8. The molecule has 8 heteroatoms. The third-order valence-corrected chi connectivity index (χ3v) is 5.31. The Balaban J connectivity index is 1.81. The second kappa shape index (κ2) is 8.96. The maximum absolute atomic E-state index is 13.4. The first-order valence-electron chi connectivity index (χ1n) is 10.1. The Morgan fingerprint density at radius 1 is 0.879 bits per heavy atom. The first kappa shape index (κ1) is 21.8. The number of nitrogens with two attached hydrogens (primary N) is 1. The van der Waals surface area contributed by atoms with E-state index in [4.69, 9.17) is 19.9 Å². The van der Waals surface area contributed by atoms with Crippen molar-refractivity contribution in [3.05, 3.63) is 83.7 Å². The van der Waals surface area contributed by atoms with E-state index in [1.54, 1.807) is 71.3 Å². The van der Waals surface area contributed by atoms with Crippen molar-refractivity contribution in [2.75, 3.05) is 32.4 Å². The summed E-state index contributed by atoms with van der Waals surface area (Å²) in [5.41, 5.74) is 8.19. The van der Waals surface area contributed by atoms with Gasteiger partial charge in [-0.25, -0.2) is 0 Å². The third kappa shape index (κ3) is 3.94. The smallest absolute Gasteiger partial charge is 0.260 e. The highest BCUT2D eigenvalue weighted by Gasteiger charge is 2.27. The molecule has 2 aromatic carbocycles. The van der Waals surface area contributed by atoms with Crippen molar-refractivity contribution >= 4 is 28.6 Å². The SMILES string of the molecule is COc1cccc(C(=O)c2c(N)c(C(=O)Nc3cc(OC)ccc3OC)c3ccccn23)c1. The predicted octanol–water partition coefficient (Wildman–Crippen LogP) is 4.03. The summed E-state index contributed by atoms with van der Waals surface area (Å²) in [6.45, 7) is 0. The summed E-state index contributed by atoms with van der Waals surface area (Å²) in [6, 6.07) is 17.1. The topological polar surface area (TPSA) is 104 Å². The molecule has 0 fully saturated rings. The second-order valence-electron chi connectivity index (χ2n) is 7.17. The Kier molecular flexibility index (Phi) is 5.91. The predicted molar refractivity (Wildman–Crippen MR) is 126 cm³/mol. The van der Waals surface area contributed by atoms with Crippen LogP contribution in [0.2, 0.25) is 0 Å². The van der Waals surface area contributed by atoms with E-state index in [2.05, 4.69) is 5.32 Å². The lowest BCUT2D eigenvalue weighted by atomic mass is 10.1. The molecule has 4 aromatic rings. The summed E-state index contributed by atoms with van der Waals surface area (Å²) in [5, 5.41) is 2.83. The first-order chi connectivity index (χ1) is 16.0. The van der Waals surface area contributed by atoms with E-state index >= 15 is 0 Å². The Morgan fingerprint density at radius 2 is 1.64 bits per heavy atom. The number of rotatable bonds is 7. The molecule has 0 spiro atoms. The summed E-state index contributed by atoms with van der Waals surface area (Å²) in [6.07, 6.45) is 1.70. The van der Waals surface area contributed by atoms with Crippen molar-refractivity contribution in [2.24, 2.45) is 0 Å². The Hall–Kier alpha value is -4.46. The lowest BCUT2D eigenvalue weighted by Gasteiger charge is -2.12. The lowest BCUT2D eigenvalue weighted by Crippen LogP contribution is -2.15. The molecule has 2 heterocycles. The van der Waals surface area contributed by atoms with Crippen molar-refractivity contribution in [1.29, 1.82) is 0 Å². The number of pyridine rings is 1. The van der Waals surface area contributed by atoms with Gasteiger partial charge in [-0.1, -0.05) is 18.2 Å². The van der Waals surface area contributed by atoms with Gasteiger partial charge in [0.2, 0.25) is 5.78 Å². The third-order valence-electron chi connectivity index (χ3n) is 5.31. The molecule has 0 atom stereocenters. The van der Waals surface area contributed by atoms with Gasteiger partial charge in [0.05, 0.1) is 43.8 Å². The number of aromatic nitrogens is 1. The number of nitrogens with one attached hydrogen (secondary N) is 1. The summed E-state index contributed by atoms with van der Waals surface area (Å²) in [5.74, 6) is 0.745. The van der Waals surface area contributed by atoms with E-state index < -0.39 is 5.91 Å². The van der Waals surface area contributed by atoms with E-state index in [9.17, 15) is 9.59 Å². The number of hydrogen-bond donors (Lipinski definition) is 2. The van der Waals surface area contributed by atoms with Gasteiger partial charge in [0.25, 0.3) is 5.91 Å². The number of fused-ring (bicyclic) bond motifs is 1. The quantitative estimate of drug-likeness (QED) is 0.416. The number of anilines is 2. The zero-order valence-electron chi connectivity index (χ0n) is 18.4. The molecule has 0 aliphatic carbocycles. The fourth-order valence-corrected chi connectivity index (χ4v) is 3.70. The van der Waals surface area contributed by atoms with Crippen LogP contribution >= 0.6 is 0 Å². The Labute approximate surface area is 190 Å². The van der Waals surface area contributed by atoms with Crippen LogP contribution in [0.4, 0.5) is 11.4 Å². The molecule has 8 nitrogen and oxygen atoms in total. The molecule has 4 rings (SSSR count). The van der Waals surface area contributed by atoms with Crippen LogP contribution in [0.3, 0.4) is 0 Å². The van der Waals surface area contributed by atoms with Gasteiger partial charge in [-0.05, 0) is 36.4 Å². The number of methoxy groups -OCH3 is 3. The van der Waals surface area contributed by atoms with E-state index in [-0.39, 0.29) is 22.7 Å². The van der Waals surface area contributed by atoms with Crippen molar-refractivity contribution in [2.45, 2.75) is 0 Å². The average Bonchev–Trinajstić information content (AvgIpc) is 3.15. The number of ether oxygens (including phenoxy) is 3. The number of amides is 1. The molecule has 168 valence electrons. The van der Waals surface area contributed by atoms with Gasteiger partial charge in [-0.3, -0.25) is 9.59 Å². The van der Waals surface area contributed by atoms with Crippen molar-refractivity contribution < 1.29 is 23.8 Å². The Bertz CT molecular complexity index is 1360. The minimum Gasteiger partial charge on any atom is -0.497 e. The van der Waals surface area contributed by atoms with Crippen LogP contribution in [0.25, 0.3) is 5.52 Å². The number of carbonyl (C=O) groups is 2. The molecule has 0 saturated carbocycles. The van der Waals surface area contributed by atoms with Crippen molar-refractivity contribution in [3.8, 4) is 17.2 Å². The zero-order valence-corrected chi connectivity index (χ0v) is 18.4. The van der Waals surface area contributed by atoms with E-state index in [1.165, 1.54) is 21.3 Å². The van der Waals surface area contributed by atoms with Gasteiger partial charge in [-0.15, -0.1) is 0 Å². The molecule has 3 N–H and O–H groups in total. The van der Waals surface area contributed by atoms with Crippen molar-refractivity contribution in [1.82, 2.24) is 4.40 Å². The number of ketones is 1. The summed E-state index contributed by atoms with van der Waals surface area (Å²) < 4.78 is 17.5. The van der Waals surface area contributed by atoms with Crippen LogP contribution in [-0.4, -0.2) is 37.4 Å². The van der Waals surface area contributed by atoms with Crippen LogP contribution in [-0.2, 0) is 0 Å². The number of nitrogen functional groups attached to an aromatic ring is 1. The molecule has 0 saturated heterocycles. The first-order valence-corrected chi connectivity index (χ1v) is 10.1. The number of nitrogens with zero attached hydrogens (tertiary/aromatic N) is 1. The molecule has 33 heavy (non-hydrogen) atoms. The molecule has 0 radical (unpaired) electrons. The number of benzene rings is 2. The minimum atomic E-state index is -0.479. The lowest BCUT2D eigenvalue weighted by molar-refractivity contribution is 0.102. The monoisotopic (exact) mass is 445 g/mol. The van der Waals surface area contributed by atoms with Gasteiger partial charge in [0.1, 0.15) is 22.9 Å². The maximum Gasteiger partial charge on any atom is 0.260 e. The molecular weight excluding hydrogens is 422 g/mol. The fourth-order valence-electron chi connectivity index (χ4n) is 3.70. The van der Waals surface area contributed by atoms with Crippen LogP contribution in [0.15, 0.2) is 66.9 Å². The highest BCUT2D eigenvalue weighted by Crippen LogP contribution is 2.33. The maximum atomic E-state index is 13.4.